The molecule has 0 aliphatic carbocycles. The molecular formula is C18H15F3N4OS. The predicted octanol–water partition coefficient (Wildman–Crippen LogP) is 4.57. The van der Waals surface area contributed by atoms with E-state index in [0.717, 1.165) is 6.07 Å². The molecule has 0 spiro atoms. The molecule has 0 saturated carbocycles. The lowest BCUT2D eigenvalue weighted by molar-refractivity contribution is 0.412. The first-order chi connectivity index (χ1) is 13.0. The highest BCUT2D eigenvalue weighted by atomic mass is 32.2. The lowest BCUT2D eigenvalue weighted by atomic mass is 10.2. The van der Waals surface area contributed by atoms with E-state index in [0.29, 0.717) is 17.0 Å². The molecule has 1 aromatic heterocycles. The van der Waals surface area contributed by atoms with Gasteiger partial charge in [0, 0.05) is 29.1 Å². The first-order valence-electron chi connectivity index (χ1n) is 7.78. The predicted molar refractivity (Wildman–Crippen MR) is 98.6 cm³/mol. The van der Waals surface area contributed by atoms with Gasteiger partial charge in [0.2, 0.25) is 5.95 Å². The zero-order chi connectivity index (χ0) is 19.4. The largest absolute Gasteiger partial charge is 0.496 e. The highest BCUT2D eigenvalue weighted by Gasteiger charge is 2.14. The number of methoxy groups -OCH3 is 1. The van der Waals surface area contributed by atoms with Crippen molar-refractivity contribution >= 4 is 23.4 Å². The Morgan fingerprint density at radius 3 is 2.67 bits per heavy atom. The zero-order valence-electron chi connectivity index (χ0n) is 14.5. The number of aromatic nitrogens is 3. The standard InChI is InChI=1S/C18H15F3N4OS/c1-26-15-6-11(19)3-4-13(15)17-22-9-23-18(25-17)24-12-5-10(8-27-2)16(21)14(20)7-12/h3-7,9H,8H2,1-2H3,(H,22,23,24,25). The van der Waals surface area contributed by atoms with E-state index in [1.54, 1.807) is 6.26 Å². The van der Waals surface area contributed by atoms with Crippen molar-refractivity contribution in [3.8, 4) is 17.1 Å². The van der Waals surface area contributed by atoms with Crippen LogP contribution in [0.4, 0.5) is 24.8 Å². The van der Waals surface area contributed by atoms with Crippen LogP contribution in [-0.2, 0) is 5.75 Å². The van der Waals surface area contributed by atoms with Gasteiger partial charge in [-0.05, 0) is 24.5 Å². The van der Waals surface area contributed by atoms with Crippen LogP contribution in [0.3, 0.4) is 0 Å². The van der Waals surface area contributed by atoms with Crippen LogP contribution in [0.2, 0.25) is 0 Å². The summed E-state index contributed by atoms with van der Waals surface area (Å²) in [6.45, 7) is 0. The Balaban J connectivity index is 1.93. The van der Waals surface area contributed by atoms with Crippen molar-refractivity contribution in [2.45, 2.75) is 5.75 Å². The molecule has 140 valence electrons. The van der Waals surface area contributed by atoms with E-state index < -0.39 is 17.5 Å². The molecule has 0 unspecified atom stereocenters. The number of rotatable bonds is 6. The lowest BCUT2D eigenvalue weighted by Crippen LogP contribution is -2.03. The fraction of sp³-hybridized carbons (Fsp3) is 0.167. The summed E-state index contributed by atoms with van der Waals surface area (Å²) in [6, 6.07) is 6.49. The summed E-state index contributed by atoms with van der Waals surface area (Å²) in [4.78, 5) is 12.3. The molecule has 0 aliphatic rings. The molecule has 3 rings (SSSR count). The van der Waals surface area contributed by atoms with Crippen LogP contribution in [-0.4, -0.2) is 28.3 Å². The topological polar surface area (TPSA) is 59.9 Å². The Hall–Kier alpha value is -2.81. The highest BCUT2D eigenvalue weighted by molar-refractivity contribution is 7.97. The van der Waals surface area contributed by atoms with Crippen molar-refractivity contribution in [1.29, 1.82) is 0 Å². The fourth-order valence-electron chi connectivity index (χ4n) is 2.44. The molecule has 0 saturated heterocycles. The van der Waals surface area contributed by atoms with Gasteiger partial charge in [-0.2, -0.15) is 16.7 Å². The van der Waals surface area contributed by atoms with Gasteiger partial charge in [0.05, 0.1) is 12.7 Å². The monoisotopic (exact) mass is 392 g/mol. The van der Waals surface area contributed by atoms with Gasteiger partial charge in [-0.1, -0.05) is 0 Å². The SMILES string of the molecule is COc1cc(F)ccc1-c1ncnc(Nc2cc(F)c(F)c(CSC)c2)n1. The average Bonchev–Trinajstić information content (AvgIpc) is 2.66. The number of halogens is 3. The molecule has 9 heteroatoms. The van der Waals surface area contributed by atoms with Gasteiger partial charge in [-0.25, -0.2) is 23.1 Å². The van der Waals surface area contributed by atoms with E-state index in [1.807, 2.05) is 0 Å². The number of anilines is 2. The Labute approximate surface area is 158 Å². The Bertz CT molecular complexity index is 971. The third kappa shape index (κ3) is 4.30. The van der Waals surface area contributed by atoms with Gasteiger partial charge >= 0.3 is 0 Å². The summed E-state index contributed by atoms with van der Waals surface area (Å²) in [7, 11) is 1.41. The van der Waals surface area contributed by atoms with Crippen molar-refractivity contribution in [3.05, 3.63) is 59.7 Å². The average molecular weight is 392 g/mol. The summed E-state index contributed by atoms with van der Waals surface area (Å²) in [5.74, 6) is -1.31. The smallest absolute Gasteiger partial charge is 0.230 e. The number of ether oxygens (including phenoxy) is 1. The number of nitrogens with one attached hydrogen (secondary N) is 1. The molecule has 1 heterocycles. The minimum absolute atomic E-state index is 0.132. The third-order valence-electron chi connectivity index (χ3n) is 3.64. The Morgan fingerprint density at radius 2 is 1.93 bits per heavy atom. The van der Waals surface area contributed by atoms with Crippen molar-refractivity contribution < 1.29 is 17.9 Å². The van der Waals surface area contributed by atoms with E-state index in [9.17, 15) is 13.2 Å². The van der Waals surface area contributed by atoms with Crippen LogP contribution < -0.4 is 10.1 Å². The van der Waals surface area contributed by atoms with Crippen molar-refractivity contribution in [1.82, 2.24) is 15.0 Å². The highest BCUT2D eigenvalue weighted by Crippen LogP contribution is 2.29. The molecule has 0 radical (unpaired) electrons. The Kier molecular flexibility index (Phi) is 5.80. The minimum Gasteiger partial charge on any atom is -0.496 e. The van der Waals surface area contributed by atoms with E-state index >= 15 is 0 Å². The minimum atomic E-state index is -0.960. The van der Waals surface area contributed by atoms with E-state index in [2.05, 4.69) is 20.3 Å². The van der Waals surface area contributed by atoms with Gasteiger partial charge < -0.3 is 10.1 Å². The number of hydrogen-bond acceptors (Lipinski definition) is 6. The van der Waals surface area contributed by atoms with Crippen LogP contribution in [0.15, 0.2) is 36.7 Å². The third-order valence-corrected chi connectivity index (χ3v) is 4.24. The maximum atomic E-state index is 13.8. The molecule has 0 fully saturated rings. The molecular weight excluding hydrogens is 377 g/mol. The summed E-state index contributed by atoms with van der Waals surface area (Å²) in [6.07, 6.45) is 3.06. The molecule has 0 atom stereocenters. The molecule has 5 nitrogen and oxygen atoms in total. The van der Waals surface area contributed by atoms with Crippen LogP contribution >= 0.6 is 11.8 Å². The maximum absolute atomic E-state index is 13.8. The normalized spacial score (nSPS) is 10.7. The quantitative estimate of drug-likeness (QED) is 0.663. The van der Waals surface area contributed by atoms with E-state index in [1.165, 1.54) is 49.5 Å². The molecule has 0 aliphatic heterocycles. The van der Waals surface area contributed by atoms with Gasteiger partial charge in [0.1, 0.15) is 17.9 Å². The second kappa shape index (κ2) is 8.26. The number of hydrogen-bond donors (Lipinski definition) is 1. The van der Waals surface area contributed by atoms with Crippen molar-refractivity contribution in [2.24, 2.45) is 0 Å². The van der Waals surface area contributed by atoms with E-state index in [-0.39, 0.29) is 23.1 Å². The first kappa shape index (κ1) is 19.0. The van der Waals surface area contributed by atoms with Crippen LogP contribution in [0.5, 0.6) is 5.75 Å². The van der Waals surface area contributed by atoms with Crippen LogP contribution in [0.25, 0.3) is 11.4 Å². The van der Waals surface area contributed by atoms with Crippen molar-refractivity contribution in [2.75, 3.05) is 18.7 Å². The summed E-state index contributed by atoms with van der Waals surface area (Å²) in [5.41, 5.74) is 1.01. The fourth-order valence-corrected chi connectivity index (χ4v) is 2.96. The second-order valence-electron chi connectivity index (χ2n) is 5.47. The zero-order valence-corrected chi connectivity index (χ0v) is 15.3. The molecule has 0 amide bonds. The van der Waals surface area contributed by atoms with Gasteiger partial charge in [-0.15, -0.1) is 0 Å². The second-order valence-corrected chi connectivity index (χ2v) is 6.33. The molecule has 27 heavy (non-hydrogen) atoms. The van der Waals surface area contributed by atoms with Crippen LogP contribution in [0.1, 0.15) is 5.56 Å². The molecule has 3 aromatic rings. The molecule has 1 N–H and O–H groups in total. The Morgan fingerprint density at radius 1 is 1.11 bits per heavy atom. The van der Waals surface area contributed by atoms with Gasteiger partial charge in [-0.3, -0.25) is 0 Å². The molecule has 0 bridgehead atoms. The number of nitrogens with zero attached hydrogens (tertiary/aromatic N) is 3. The summed E-state index contributed by atoms with van der Waals surface area (Å²) >= 11 is 1.38. The maximum Gasteiger partial charge on any atom is 0.230 e. The number of thioether (sulfide) groups is 1. The summed E-state index contributed by atoms with van der Waals surface area (Å²) < 4.78 is 46.2. The van der Waals surface area contributed by atoms with Crippen molar-refractivity contribution in [3.63, 3.8) is 0 Å². The first-order valence-corrected chi connectivity index (χ1v) is 9.18. The summed E-state index contributed by atoms with van der Waals surface area (Å²) in [5, 5.41) is 2.84. The lowest BCUT2D eigenvalue weighted by Gasteiger charge is -2.10. The molecule has 2 aromatic carbocycles. The van der Waals surface area contributed by atoms with E-state index in [4.69, 9.17) is 4.74 Å². The van der Waals surface area contributed by atoms with Gasteiger partial charge in [0.25, 0.3) is 0 Å². The van der Waals surface area contributed by atoms with Crippen LogP contribution in [0, 0.1) is 17.5 Å². The van der Waals surface area contributed by atoms with Gasteiger partial charge in [0.15, 0.2) is 17.5 Å². The number of benzene rings is 2.